The molecule has 0 aromatic heterocycles. The van der Waals surface area contributed by atoms with E-state index in [2.05, 4.69) is 16.9 Å². The molecule has 4 rings (SSSR count). The lowest BCUT2D eigenvalue weighted by molar-refractivity contribution is 0.0599. The molecule has 8 heteroatoms. The van der Waals surface area contributed by atoms with Crippen LogP contribution in [0.2, 0.25) is 0 Å². The van der Waals surface area contributed by atoms with Crippen LogP contribution in [-0.2, 0) is 18.0 Å². The number of esters is 1. The molecule has 4 aromatic rings. The summed E-state index contributed by atoms with van der Waals surface area (Å²) in [5, 5.41) is 26.7. The Hall–Kier alpha value is -5.60. The first-order valence-electron chi connectivity index (χ1n) is 11.7. The Balaban J connectivity index is 0.000000216. The molecule has 0 saturated heterocycles. The number of methoxy groups -OCH3 is 1. The fourth-order valence-corrected chi connectivity index (χ4v) is 3.29. The number of benzene rings is 4. The summed E-state index contributed by atoms with van der Waals surface area (Å²) in [7, 11) is 1.35. The van der Waals surface area contributed by atoms with Crippen molar-refractivity contribution in [2.75, 3.05) is 7.11 Å². The summed E-state index contributed by atoms with van der Waals surface area (Å²) in [6, 6.07) is 31.6. The number of carbonyl (C=O) groups is 2. The van der Waals surface area contributed by atoms with Gasteiger partial charge in [-0.05, 0) is 59.7 Å². The summed E-state index contributed by atoms with van der Waals surface area (Å²) < 4.78 is 15.8. The molecule has 0 aliphatic rings. The average molecular weight is 521 g/mol. The zero-order chi connectivity index (χ0) is 28.0. The largest absolute Gasteiger partial charge is 0.488 e. The number of hydrogen-bond acceptors (Lipinski definition) is 7. The lowest BCUT2D eigenvalue weighted by Gasteiger charge is -2.08. The zero-order valence-electron chi connectivity index (χ0n) is 21.0. The van der Waals surface area contributed by atoms with Crippen LogP contribution in [0.15, 0.2) is 97.1 Å². The van der Waals surface area contributed by atoms with Gasteiger partial charge in [0.15, 0.2) is 0 Å². The molecule has 0 radical (unpaired) electrons. The van der Waals surface area contributed by atoms with Crippen molar-refractivity contribution >= 4 is 11.9 Å². The average Bonchev–Trinajstić information content (AvgIpc) is 2.99. The smallest absolute Gasteiger partial charge is 0.337 e. The molecule has 0 saturated carbocycles. The van der Waals surface area contributed by atoms with Crippen LogP contribution in [0.4, 0.5) is 0 Å². The molecule has 8 nitrogen and oxygen atoms in total. The monoisotopic (exact) mass is 520 g/mol. The van der Waals surface area contributed by atoms with E-state index in [0.29, 0.717) is 41.4 Å². The third-order valence-electron chi connectivity index (χ3n) is 5.38. The number of rotatable bonds is 8. The summed E-state index contributed by atoms with van der Waals surface area (Å²) in [4.78, 5) is 22.0. The molecule has 0 aliphatic heterocycles. The van der Waals surface area contributed by atoms with Crippen molar-refractivity contribution in [3.63, 3.8) is 0 Å². The van der Waals surface area contributed by atoms with Gasteiger partial charge in [-0.2, -0.15) is 10.5 Å². The lowest BCUT2D eigenvalue weighted by atomic mass is 10.1. The van der Waals surface area contributed by atoms with Crippen molar-refractivity contribution in [1.82, 2.24) is 0 Å². The van der Waals surface area contributed by atoms with Gasteiger partial charge in [-0.15, -0.1) is 0 Å². The molecular weight excluding hydrogens is 496 g/mol. The number of nitrogens with zero attached hydrogens (tertiary/aromatic N) is 2. The first-order chi connectivity index (χ1) is 18.9. The van der Waals surface area contributed by atoms with Crippen molar-refractivity contribution in [2.45, 2.75) is 13.2 Å². The second-order valence-corrected chi connectivity index (χ2v) is 7.98. The van der Waals surface area contributed by atoms with Crippen molar-refractivity contribution in [2.24, 2.45) is 0 Å². The molecule has 1 N–H and O–H groups in total. The topological polar surface area (TPSA) is 130 Å². The molecule has 4 aromatic carbocycles. The number of carbonyl (C=O) groups excluding carboxylic acids is 1. The van der Waals surface area contributed by atoms with Gasteiger partial charge in [-0.1, -0.05) is 48.5 Å². The molecule has 0 atom stereocenters. The number of carboxylic acid groups (broad SMARTS) is 1. The number of hydrogen-bond donors (Lipinski definition) is 1. The molecule has 194 valence electrons. The van der Waals surface area contributed by atoms with E-state index in [1.54, 1.807) is 78.9 Å². The molecule has 0 unspecified atom stereocenters. The van der Waals surface area contributed by atoms with Crippen LogP contribution in [0.5, 0.6) is 11.5 Å². The van der Waals surface area contributed by atoms with Gasteiger partial charge in [0.2, 0.25) is 0 Å². The SMILES string of the molecule is COC(=O)c1ccc(COc2ccccc2C#N)cc1.N#Cc1ccccc1OCc1ccc(C(=O)O)cc1. The third kappa shape index (κ3) is 8.21. The van der Waals surface area contributed by atoms with E-state index in [1.807, 2.05) is 6.07 Å². The van der Waals surface area contributed by atoms with Gasteiger partial charge in [-0.3, -0.25) is 0 Å². The highest BCUT2D eigenvalue weighted by Gasteiger charge is 2.06. The number of para-hydroxylation sites is 2. The van der Waals surface area contributed by atoms with Crippen LogP contribution < -0.4 is 9.47 Å². The predicted octanol–water partition coefficient (Wildman–Crippen LogP) is 5.76. The molecule has 0 amide bonds. The van der Waals surface area contributed by atoms with Gasteiger partial charge in [0.05, 0.1) is 29.4 Å². The van der Waals surface area contributed by atoms with Gasteiger partial charge >= 0.3 is 11.9 Å². The van der Waals surface area contributed by atoms with Gasteiger partial charge in [0.1, 0.15) is 36.9 Å². The summed E-state index contributed by atoms with van der Waals surface area (Å²) in [6.45, 7) is 0.624. The lowest BCUT2D eigenvalue weighted by Crippen LogP contribution is -2.02. The van der Waals surface area contributed by atoms with Crippen LogP contribution in [0.25, 0.3) is 0 Å². The third-order valence-corrected chi connectivity index (χ3v) is 5.38. The number of nitriles is 2. The predicted molar refractivity (Wildman–Crippen MR) is 142 cm³/mol. The minimum Gasteiger partial charge on any atom is -0.488 e. The molecule has 0 fully saturated rings. The number of carboxylic acids is 1. The van der Waals surface area contributed by atoms with Crippen LogP contribution in [0.3, 0.4) is 0 Å². The Kier molecular flexibility index (Phi) is 10.2. The van der Waals surface area contributed by atoms with Crippen molar-refractivity contribution in [3.8, 4) is 23.6 Å². The maximum Gasteiger partial charge on any atom is 0.337 e. The van der Waals surface area contributed by atoms with E-state index in [4.69, 9.17) is 25.1 Å². The number of ether oxygens (including phenoxy) is 3. The number of aromatic carboxylic acids is 1. The van der Waals surface area contributed by atoms with Crippen LogP contribution in [-0.4, -0.2) is 24.2 Å². The van der Waals surface area contributed by atoms with E-state index >= 15 is 0 Å². The van der Waals surface area contributed by atoms with Gasteiger partial charge in [0.25, 0.3) is 0 Å². The molecular formula is C31H24N2O6. The van der Waals surface area contributed by atoms with E-state index in [0.717, 1.165) is 11.1 Å². The molecule has 39 heavy (non-hydrogen) atoms. The van der Waals surface area contributed by atoms with Gasteiger partial charge in [0, 0.05) is 0 Å². The minimum absolute atomic E-state index is 0.237. The summed E-state index contributed by atoms with van der Waals surface area (Å²) in [6.07, 6.45) is 0. The summed E-state index contributed by atoms with van der Waals surface area (Å²) in [5.41, 5.74) is 3.46. The molecule has 0 aliphatic carbocycles. The van der Waals surface area contributed by atoms with Crippen molar-refractivity contribution in [3.05, 3.63) is 130 Å². The Morgan fingerprint density at radius 2 is 1.08 bits per heavy atom. The molecule has 0 heterocycles. The second-order valence-electron chi connectivity index (χ2n) is 7.98. The first kappa shape index (κ1) is 28.0. The summed E-state index contributed by atoms with van der Waals surface area (Å²) >= 11 is 0. The highest BCUT2D eigenvalue weighted by molar-refractivity contribution is 5.89. The van der Waals surface area contributed by atoms with Crippen LogP contribution >= 0.6 is 0 Å². The van der Waals surface area contributed by atoms with E-state index in [-0.39, 0.29) is 11.5 Å². The van der Waals surface area contributed by atoms with E-state index in [1.165, 1.54) is 19.2 Å². The molecule has 0 bridgehead atoms. The minimum atomic E-state index is -0.956. The Morgan fingerprint density at radius 1 is 0.667 bits per heavy atom. The van der Waals surface area contributed by atoms with E-state index < -0.39 is 5.97 Å². The fraction of sp³-hybridized carbons (Fsp3) is 0.0968. The highest BCUT2D eigenvalue weighted by atomic mass is 16.5. The second kappa shape index (κ2) is 14.2. The molecule has 0 spiro atoms. The maximum atomic E-state index is 11.3. The van der Waals surface area contributed by atoms with Crippen LogP contribution in [0.1, 0.15) is 43.0 Å². The first-order valence-corrected chi connectivity index (χ1v) is 11.7. The standard InChI is InChI=1S/C16H13NO3.C15H11NO3/c1-19-16(18)13-8-6-12(7-9-13)11-20-15-5-3-2-4-14(15)10-17;16-9-13-3-1-2-4-14(13)19-10-11-5-7-12(8-6-11)15(17)18/h2-9H,11H2,1H3;1-8H,10H2,(H,17,18). The van der Waals surface area contributed by atoms with Crippen molar-refractivity contribution in [1.29, 1.82) is 10.5 Å². The van der Waals surface area contributed by atoms with E-state index in [9.17, 15) is 9.59 Å². The fourth-order valence-electron chi connectivity index (χ4n) is 3.29. The maximum absolute atomic E-state index is 11.3. The Morgan fingerprint density at radius 3 is 1.46 bits per heavy atom. The highest BCUT2D eigenvalue weighted by Crippen LogP contribution is 2.19. The summed E-state index contributed by atoms with van der Waals surface area (Å²) in [5.74, 6) is -0.256. The zero-order valence-corrected chi connectivity index (χ0v) is 21.0. The Bertz CT molecular complexity index is 1500. The van der Waals surface area contributed by atoms with Gasteiger partial charge < -0.3 is 19.3 Å². The van der Waals surface area contributed by atoms with Crippen molar-refractivity contribution < 1.29 is 28.9 Å². The Labute approximate surface area is 225 Å². The van der Waals surface area contributed by atoms with Crippen LogP contribution in [0, 0.1) is 22.7 Å². The van der Waals surface area contributed by atoms with Gasteiger partial charge in [-0.25, -0.2) is 9.59 Å². The normalized spacial score (nSPS) is 9.62. The quantitative estimate of drug-likeness (QED) is 0.290.